The average molecular weight is 314 g/mol. The SMILES string of the molecule is Cc1cc(CN(C)Cc2cc(=O)oc3c(C)c(O)ccc23)no1. The number of phenolic OH excluding ortho intramolecular Hbond substituents is 1. The zero-order valence-electron chi connectivity index (χ0n) is 13.3. The average Bonchev–Trinajstić information content (AvgIpc) is 2.88. The number of nitrogens with zero attached hydrogens (tertiary/aromatic N) is 2. The fourth-order valence-electron chi connectivity index (χ4n) is 2.66. The highest BCUT2D eigenvalue weighted by atomic mass is 16.5. The predicted octanol–water partition coefficient (Wildman–Crippen LogP) is 2.74. The zero-order valence-corrected chi connectivity index (χ0v) is 13.3. The molecule has 0 aliphatic heterocycles. The molecule has 2 heterocycles. The summed E-state index contributed by atoms with van der Waals surface area (Å²) in [5.41, 5.74) is 2.26. The van der Waals surface area contributed by atoms with Crippen LogP contribution < -0.4 is 5.63 Å². The van der Waals surface area contributed by atoms with Crippen LogP contribution in [0.5, 0.6) is 5.75 Å². The molecule has 6 nitrogen and oxygen atoms in total. The van der Waals surface area contributed by atoms with E-state index in [4.69, 9.17) is 8.94 Å². The van der Waals surface area contributed by atoms with Crippen molar-refractivity contribution in [2.45, 2.75) is 26.9 Å². The van der Waals surface area contributed by atoms with Crippen LogP contribution >= 0.6 is 0 Å². The molecule has 0 aliphatic rings. The first kappa shape index (κ1) is 15.3. The lowest BCUT2D eigenvalue weighted by molar-refractivity contribution is 0.302. The topological polar surface area (TPSA) is 79.7 Å². The lowest BCUT2D eigenvalue weighted by Gasteiger charge is -2.16. The van der Waals surface area contributed by atoms with Crippen molar-refractivity contribution in [2.75, 3.05) is 7.05 Å². The molecule has 0 atom stereocenters. The lowest BCUT2D eigenvalue weighted by Crippen LogP contribution is -2.18. The van der Waals surface area contributed by atoms with Gasteiger partial charge in [-0.2, -0.15) is 0 Å². The summed E-state index contributed by atoms with van der Waals surface area (Å²) in [6.45, 7) is 4.74. The van der Waals surface area contributed by atoms with Gasteiger partial charge in [0.1, 0.15) is 17.1 Å². The second-order valence-corrected chi connectivity index (χ2v) is 5.78. The van der Waals surface area contributed by atoms with Crippen molar-refractivity contribution >= 4 is 11.0 Å². The van der Waals surface area contributed by atoms with Gasteiger partial charge in [-0.25, -0.2) is 4.79 Å². The third kappa shape index (κ3) is 3.12. The van der Waals surface area contributed by atoms with Crippen molar-refractivity contribution in [3.8, 4) is 5.75 Å². The Morgan fingerprint density at radius 3 is 2.70 bits per heavy atom. The summed E-state index contributed by atoms with van der Waals surface area (Å²) >= 11 is 0. The number of phenols is 1. The molecule has 2 aromatic heterocycles. The van der Waals surface area contributed by atoms with E-state index in [1.807, 2.05) is 24.9 Å². The van der Waals surface area contributed by atoms with Crippen molar-refractivity contribution in [2.24, 2.45) is 0 Å². The maximum absolute atomic E-state index is 11.8. The summed E-state index contributed by atoms with van der Waals surface area (Å²) < 4.78 is 10.3. The Balaban J connectivity index is 1.93. The van der Waals surface area contributed by atoms with Gasteiger partial charge in [0.2, 0.25) is 0 Å². The molecule has 0 saturated carbocycles. The van der Waals surface area contributed by atoms with E-state index in [1.54, 1.807) is 19.1 Å². The molecule has 0 saturated heterocycles. The van der Waals surface area contributed by atoms with E-state index >= 15 is 0 Å². The molecule has 120 valence electrons. The van der Waals surface area contributed by atoms with Crippen LogP contribution in [0, 0.1) is 13.8 Å². The molecule has 3 rings (SSSR count). The van der Waals surface area contributed by atoms with Crippen molar-refractivity contribution in [1.29, 1.82) is 0 Å². The molecular weight excluding hydrogens is 296 g/mol. The highest BCUT2D eigenvalue weighted by Gasteiger charge is 2.13. The second kappa shape index (κ2) is 5.89. The molecule has 3 aromatic rings. The molecule has 1 aromatic carbocycles. The van der Waals surface area contributed by atoms with E-state index in [9.17, 15) is 9.90 Å². The van der Waals surface area contributed by atoms with E-state index < -0.39 is 5.63 Å². The number of hydrogen-bond acceptors (Lipinski definition) is 6. The minimum Gasteiger partial charge on any atom is -0.508 e. The first-order valence-electron chi connectivity index (χ1n) is 7.30. The quantitative estimate of drug-likeness (QED) is 0.746. The number of aromatic hydroxyl groups is 1. The Labute approximate surface area is 132 Å². The first-order chi connectivity index (χ1) is 10.9. The molecule has 0 amide bonds. The van der Waals surface area contributed by atoms with Gasteiger partial charge in [-0.3, -0.25) is 4.90 Å². The highest BCUT2D eigenvalue weighted by Crippen LogP contribution is 2.27. The Morgan fingerprint density at radius 2 is 2.00 bits per heavy atom. The van der Waals surface area contributed by atoms with Crippen LogP contribution in [0.25, 0.3) is 11.0 Å². The Bertz CT molecular complexity index is 911. The molecular formula is C17H18N2O4. The van der Waals surface area contributed by atoms with Gasteiger partial charge in [0, 0.05) is 36.2 Å². The van der Waals surface area contributed by atoms with Crippen molar-refractivity contribution in [3.05, 3.63) is 57.3 Å². The van der Waals surface area contributed by atoms with Crippen LogP contribution in [-0.2, 0) is 13.1 Å². The maximum atomic E-state index is 11.8. The van der Waals surface area contributed by atoms with Crippen LogP contribution in [-0.4, -0.2) is 22.2 Å². The number of fused-ring (bicyclic) bond motifs is 1. The Morgan fingerprint density at radius 1 is 1.22 bits per heavy atom. The summed E-state index contributed by atoms with van der Waals surface area (Å²) in [7, 11) is 1.94. The van der Waals surface area contributed by atoms with Crippen LogP contribution in [0.1, 0.15) is 22.6 Å². The summed E-state index contributed by atoms with van der Waals surface area (Å²) in [5, 5.41) is 14.6. The van der Waals surface area contributed by atoms with Gasteiger partial charge >= 0.3 is 5.63 Å². The molecule has 0 bridgehead atoms. The molecule has 0 unspecified atom stereocenters. The van der Waals surface area contributed by atoms with Gasteiger partial charge in [-0.05, 0) is 38.6 Å². The number of hydrogen-bond donors (Lipinski definition) is 1. The van der Waals surface area contributed by atoms with Crippen LogP contribution in [0.15, 0.2) is 38.0 Å². The Hall–Kier alpha value is -2.60. The number of rotatable bonds is 4. The molecule has 6 heteroatoms. The fraction of sp³-hybridized carbons (Fsp3) is 0.294. The third-order valence-corrected chi connectivity index (χ3v) is 3.77. The second-order valence-electron chi connectivity index (χ2n) is 5.78. The van der Waals surface area contributed by atoms with Crippen LogP contribution in [0.4, 0.5) is 0 Å². The van der Waals surface area contributed by atoms with E-state index in [0.717, 1.165) is 22.4 Å². The van der Waals surface area contributed by atoms with Gasteiger partial charge in [0.25, 0.3) is 0 Å². The van der Waals surface area contributed by atoms with Crippen LogP contribution in [0.2, 0.25) is 0 Å². The van der Waals surface area contributed by atoms with E-state index in [-0.39, 0.29) is 5.75 Å². The summed E-state index contributed by atoms with van der Waals surface area (Å²) in [6, 6.07) is 6.76. The highest BCUT2D eigenvalue weighted by molar-refractivity contribution is 5.84. The molecule has 0 radical (unpaired) electrons. The zero-order chi connectivity index (χ0) is 16.6. The van der Waals surface area contributed by atoms with E-state index in [0.29, 0.717) is 24.2 Å². The largest absolute Gasteiger partial charge is 0.508 e. The van der Waals surface area contributed by atoms with Crippen molar-refractivity contribution in [1.82, 2.24) is 10.1 Å². The van der Waals surface area contributed by atoms with Gasteiger partial charge < -0.3 is 14.0 Å². The standard InChI is InChI=1S/C17H18N2O4/c1-10-6-13(18-23-10)9-19(3)8-12-7-16(21)22-17-11(2)15(20)5-4-14(12)17/h4-7,20H,8-9H2,1-3H3. The third-order valence-electron chi connectivity index (χ3n) is 3.77. The van der Waals surface area contributed by atoms with Crippen LogP contribution in [0.3, 0.4) is 0 Å². The summed E-state index contributed by atoms with van der Waals surface area (Å²) in [4.78, 5) is 13.9. The normalized spacial score (nSPS) is 11.5. The Kier molecular flexibility index (Phi) is 3.92. The first-order valence-corrected chi connectivity index (χ1v) is 7.30. The molecule has 0 fully saturated rings. The van der Waals surface area contributed by atoms with Gasteiger partial charge in [-0.15, -0.1) is 0 Å². The molecule has 0 aliphatic carbocycles. The number of benzene rings is 1. The minimum absolute atomic E-state index is 0.115. The summed E-state index contributed by atoms with van der Waals surface area (Å²) in [6.07, 6.45) is 0. The van der Waals surface area contributed by atoms with Crippen molar-refractivity contribution < 1.29 is 14.0 Å². The minimum atomic E-state index is -0.424. The monoisotopic (exact) mass is 314 g/mol. The molecule has 1 N–H and O–H groups in total. The van der Waals surface area contributed by atoms with E-state index in [2.05, 4.69) is 5.16 Å². The lowest BCUT2D eigenvalue weighted by atomic mass is 10.1. The molecule has 0 spiro atoms. The molecule has 23 heavy (non-hydrogen) atoms. The maximum Gasteiger partial charge on any atom is 0.336 e. The van der Waals surface area contributed by atoms with Gasteiger partial charge in [0.05, 0.1) is 5.69 Å². The number of aryl methyl sites for hydroxylation is 2. The van der Waals surface area contributed by atoms with Gasteiger partial charge in [0.15, 0.2) is 0 Å². The fourth-order valence-corrected chi connectivity index (χ4v) is 2.66. The summed E-state index contributed by atoms with van der Waals surface area (Å²) in [5.74, 6) is 0.884. The van der Waals surface area contributed by atoms with Gasteiger partial charge in [-0.1, -0.05) is 5.16 Å². The number of aromatic nitrogens is 1. The van der Waals surface area contributed by atoms with Crippen molar-refractivity contribution in [3.63, 3.8) is 0 Å². The smallest absolute Gasteiger partial charge is 0.336 e. The van der Waals surface area contributed by atoms with E-state index in [1.165, 1.54) is 6.07 Å². The predicted molar refractivity (Wildman–Crippen MR) is 85.3 cm³/mol.